The zero-order valence-electron chi connectivity index (χ0n) is 15.2. The molecule has 0 aliphatic carbocycles. The van der Waals surface area contributed by atoms with Gasteiger partial charge in [-0.2, -0.15) is 0 Å². The molecule has 2 amide bonds. The van der Waals surface area contributed by atoms with Crippen molar-refractivity contribution >= 4 is 29.4 Å². The number of ether oxygens (including phenoxy) is 1. The Morgan fingerprint density at radius 3 is 2.31 bits per heavy atom. The van der Waals surface area contributed by atoms with E-state index in [4.69, 9.17) is 20.8 Å². The van der Waals surface area contributed by atoms with Gasteiger partial charge in [0.15, 0.2) is 6.61 Å². The summed E-state index contributed by atoms with van der Waals surface area (Å²) in [6.07, 6.45) is 0. The zero-order valence-corrected chi connectivity index (χ0v) is 15.9. The quantitative estimate of drug-likeness (QED) is 0.469. The standard InChI is InChI=1S/C20H14ClN3O5/c1-11(24-18(25)14-4-2-3-5-15(14)19(24)26)20(27)28-10-16-22-23-17(29-16)12-6-8-13(21)9-7-12/h2-9,11H,10H2,1H3/t11-/m0/s1. The predicted molar refractivity (Wildman–Crippen MR) is 101 cm³/mol. The van der Waals surface area contributed by atoms with Crippen LogP contribution in [0.1, 0.15) is 33.5 Å². The summed E-state index contributed by atoms with van der Waals surface area (Å²) in [5.74, 6) is -1.49. The Morgan fingerprint density at radius 2 is 1.69 bits per heavy atom. The number of amides is 2. The number of rotatable bonds is 5. The van der Waals surface area contributed by atoms with Gasteiger partial charge in [-0.25, -0.2) is 4.79 Å². The Hall–Kier alpha value is -3.52. The first-order chi connectivity index (χ1) is 14.0. The van der Waals surface area contributed by atoms with Gasteiger partial charge in [0, 0.05) is 10.6 Å². The number of carbonyl (C=O) groups is 3. The van der Waals surface area contributed by atoms with Gasteiger partial charge < -0.3 is 9.15 Å². The molecule has 9 heteroatoms. The third-order valence-corrected chi connectivity index (χ3v) is 4.70. The lowest BCUT2D eigenvalue weighted by Crippen LogP contribution is -2.43. The topological polar surface area (TPSA) is 103 Å². The molecule has 0 spiro atoms. The number of hydrogen-bond donors (Lipinski definition) is 0. The molecule has 1 aliphatic heterocycles. The van der Waals surface area contributed by atoms with Crippen molar-refractivity contribution in [1.29, 1.82) is 0 Å². The van der Waals surface area contributed by atoms with Crippen molar-refractivity contribution in [3.05, 3.63) is 70.6 Å². The summed E-state index contributed by atoms with van der Waals surface area (Å²) in [5, 5.41) is 8.30. The molecule has 1 aromatic heterocycles. The fraction of sp³-hybridized carbons (Fsp3) is 0.150. The summed E-state index contributed by atoms with van der Waals surface area (Å²) in [5.41, 5.74) is 1.20. The van der Waals surface area contributed by atoms with E-state index in [0.717, 1.165) is 4.90 Å². The Balaban J connectivity index is 1.41. The van der Waals surface area contributed by atoms with Crippen LogP contribution in [0.25, 0.3) is 11.5 Å². The van der Waals surface area contributed by atoms with Crippen molar-refractivity contribution in [3.8, 4) is 11.5 Å². The Morgan fingerprint density at radius 1 is 1.07 bits per heavy atom. The van der Waals surface area contributed by atoms with Crippen molar-refractivity contribution in [1.82, 2.24) is 15.1 Å². The van der Waals surface area contributed by atoms with Crippen molar-refractivity contribution < 1.29 is 23.5 Å². The van der Waals surface area contributed by atoms with Gasteiger partial charge in [-0.3, -0.25) is 14.5 Å². The molecule has 0 N–H and O–H groups in total. The maximum absolute atomic E-state index is 12.5. The van der Waals surface area contributed by atoms with Crippen LogP contribution in [0, 0.1) is 0 Å². The van der Waals surface area contributed by atoms with Crippen molar-refractivity contribution in [2.45, 2.75) is 19.6 Å². The van der Waals surface area contributed by atoms with E-state index in [0.29, 0.717) is 10.6 Å². The number of fused-ring (bicyclic) bond motifs is 1. The van der Waals surface area contributed by atoms with Crippen LogP contribution in [-0.2, 0) is 16.1 Å². The van der Waals surface area contributed by atoms with E-state index in [1.165, 1.54) is 6.92 Å². The maximum Gasteiger partial charge on any atom is 0.329 e. The molecule has 0 bridgehead atoms. The van der Waals surface area contributed by atoms with Gasteiger partial charge >= 0.3 is 5.97 Å². The Kier molecular flexibility index (Phi) is 4.85. The molecule has 0 saturated heterocycles. The molecule has 0 saturated carbocycles. The molecule has 0 radical (unpaired) electrons. The largest absolute Gasteiger partial charge is 0.454 e. The van der Waals surface area contributed by atoms with E-state index in [-0.39, 0.29) is 29.5 Å². The number of esters is 1. The molecular weight excluding hydrogens is 398 g/mol. The third kappa shape index (κ3) is 3.50. The van der Waals surface area contributed by atoms with Gasteiger partial charge in [0.2, 0.25) is 5.89 Å². The lowest BCUT2D eigenvalue weighted by atomic mass is 10.1. The van der Waals surface area contributed by atoms with Crippen LogP contribution in [0.5, 0.6) is 0 Å². The van der Waals surface area contributed by atoms with E-state index in [9.17, 15) is 14.4 Å². The molecular formula is C20H14ClN3O5. The maximum atomic E-state index is 12.5. The zero-order chi connectivity index (χ0) is 20.5. The summed E-state index contributed by atoms with van der Waals surface area (Å²) in [7, 11) is 0. The summed E-state index contributed by atoms with van der Waals surface area (Å²) in [6, 6.07) is 12.1. The molecule has 146 valence electrons. The fourth-order valence-electron chi connectivity index (χ4n) is 2.94. The molecule has 2 aromatic carbocycles. The average molecular weight is 412 g/mol. The van der Waals surface area contributed by atoms with E-state index in [1.54, 1.807) is 48.5 Å². The second-order valence-corrected chi connectivity index (χ2v) is 6.75. The normalized spacial score (nSPS) is 14.1. The van der Waals surface area contributed by atoms with E-state index in [1.807, 2.05) is 0 Å². The van der Waals surface area contributed by atoms with Crippen molar-refractivity contribution in [2.75, 3.05) is 0 Å². The van der Waals surface area contributed by atoms with Crippen LogP contribution in [-0.4, -0.2) is 38.9 Å². The SMILES string of the molecule is C[C@@H](C(=O)OCc1nnc(-c2ccc(Cl)cc2)o1)N1C(=O)c2ccccc2C1=O. The second-order valence-electron chi connectivity index (χ2n) is 6.32. The van der Waals surface area contributed by atoms with Crippen LogP contribution in [0.2, 0.25) is 5.02 Å². The van der Waals surface area contributed by atoms with E-state index < -0.39 is 23.8 Å². The Labute approximate surface area is 170 Å². The minimum atomic E-state index is -1.10. The summed E-state index contributed by atoms with van der Waals surface area (Å²) >= 11 is 5.85. The molecule has 8 nitrogen and oxygen atoms in total. The first-order valence-electron chi connectivity index (χ1n) is 8.67. The van der Waals surface area contributed by atoms with E-state index in [2.05, 4.69) is 10.2 Å². The summed E-state index contributed by atoms with van der Waals surface area (Å²) in [4.78, 5) is 38.2. The first kappa shape index (κ1) is 18.8. The lowest BCUT2D eigenvalue weighted by Gasteiger charge is -2.20. The van der Waals surface area contributed by atoms with E-state index >= 15 is 0 Å². The van der Waals surface area contributed by atoms with Gasteiger partial charge in [0.05, 0.1) is 11.1 Å². The number of imide groups is 1. The van der Waals surface area contributed by atoms with Crippen molar-refractivity contribution in [2.24, 2.45) is 0 Å². The van der Waals surface area contributed by atoms with Gasteiger partial charge in [0.1, 0.15) is 6.04 Å². The molecule has 1 aliphatic rings. The molecule has 0 unspecified atom stereocenters. The highest BCUT2D eigenvalue weighted by molar-refractivity contribution is 6.30. The number of nitrogens with zero attached hydrogens (tertiary/aromatic N) is 3. The minimum absolute atomic E-state index is 0.0814. The van der Waals surface area contributed by atoms with Crippen LogP contribution < -0.4 is 0 Å². The minimum Gasteiger partial charge on any atom is -0.454 e. The first-order valence-corrected chi connectivity index (χ1v) is 9.05. The number of halogens is 1. The lowest BCUT2D eigenvalue weighted by molar-refractivity contribution is -0.149. The number of aromatic nitrogens is 2. The van der Waals surface area contributed by atoms with Crippen LogP contribution in [0.15, 0.2) is 52.9 Å². The molecule has 1 atom stereocenters. The van der Waals surface area contributed by atoms with Gasteiger partial charge in [-0.15, -0.1) is 10.2 Å². The average Bonchev–Trinajstić information content (AvgIpc) is 3.30. The number of hydrogen-bond acceptors (Lipinski definition) is 7. The van der Waals surface area contributed by atoms with Crippen LogP contribution in [0.4, 0.5) is 0 Å². The van der Waals surface area contributed by atoms with Gasteiger partial charge in [-0.05, 0) is 43.3 Å². The molecule has 0 fully saturated rings. The summed E-state index contributed by atoms with van der Waals surface area (Å²) < 4.78 is 10.6. The number of carbonyl (C=O) groups excluding carboxylic acids is 3. The van der Waals surface area contributed by atoms with Crippen LogP contribution >= 0.6 is 11.6 Å². The highest BCUT2D eigenvalue weighted by Gasteiger charge is 2.41. The van der Waals surface area contributed by atoms with Gasteiger partial charge in [-0.1, -0.05) is 23.7 Å². The Bertz CT molecular complexity index is 1070. The van der Waals surface area contributed by atoms with Crippen LogP contribution in [0.3, 0.4) is 0 Å². The third-order valence-electron chi connectivity index (χ3n) is 4.45. The highest BCUT2D eigenvalue weighted by Crippen LogP contribution is 2.25. The highest BCUT2D eigenvalue weighted by atomic mass is 35.5. The molecule has 2 heterocycles. The number of benzene rings is 2. The van der Waals surface area contributed by atoms with Gasteiger partial charge in [0.25, 0.3) is 17.7 Å². The molecule has 3 aromatic rings. The fourth-order valence-corrected chi connectivity index (χ4v) is 3.07. The molecule has 29 heavy (non-hydrogen) atoms. The summed E-state index contributed by atoms with van der Waals surface area (Å²) in [6.45, 7) is 1.14. The van der Waals surface area contributed by atoms with Crippen molar-refractivity contribution in [3.63, 3.8) is 0 Å². The predicted octanol–water partition coefficient (Wildman–Crippen LogP) is 3.12. The molecule has 4 rings (SSSR count). The monoisotopic (exact) mass is 411 g/mol. The smallest absolute Gasteiger partial charge is 0.329 e. The second kappa shape index (κ2) is 7.48.